The van der Waals surface area contributed by atoms with Gasteiger partial charge < -0.3 is 62.5 Å². The number of nitrogens with two attached hydrogens (primary N) is 2. The van der Waals surface area contributed by atoms with Gasteiger partial charge >= 0.3 is 7.82 Å². The Labute approximate surface area is 466 Å². The maximum absolute atomic E-state index is 14.4. The normalized spacial score (nSPS) is 12.7. The number of primary amides is 2. The van der Waals surface area contributed by atoms with Crippen LogP contribution in [0.4, 0.5) is 11.4 Å². The number of carbonyl (C=O) groups is 8. The minimum absolute atomic E-state index is 0.0692. The molecule has 1 heterocycles. The lowest BCUT2D eigenvalue weighted by Gasteiger charge is -2.24. The summed E-state index contributed by atoms with van der Waals surface area (Å²) < 4.78 is 22.1. The molecule has 27 heteroatoms. The highest BCUT2D eigenvalue weighted by Gasteiger charge is 2.31. The number of thiocarbonyl (C=S) groups is 1. The van der Waals surface area contributed by atoms with E-state index in [1.54, 1.807) is 56.3 Å². The van der Waals surface area contributed by atoms with Gasteiger partial charge in [-0.1, -0.05) is 44.2 Å². The van der Waals surface area contributed by atoms with E-state index in [2.05, 4.69) is 46.6 Å². The Morgan fingerprint density at radius 3 is 2.12 bits per heavy atom. The summed E-state index contributed by atoms with van der Waals surface area (Å²) in [4.78, 5) is 141. The van der Waals surface area contributed by atoms with Crippen LogP contribution >= 0.6 is 20.0 Å². The van der Waals surface area contributed by atoms with Crippen molar-refractivity contribution in [3.63, 3.8) is 0 Å². The standard InChI is InChI=1S/C54H56N9O16PS/c1-28(2)18-41(53(73)63-43(26-64)50(56)70)61-48(69)25-57-52(72)40(16-17-46(55)67)62-54(74)42(20-29-6-11-35(12-7-29)79-80(75,76)77)60-47(68)21-30-4-3-5-32(19-30)59-51(71)39-22-31(58-27-81)8-13-36(39)49-37-14-9-33(65)23-44(37)78-45-24-34(66)10-15-38(45)49/h3-15,19,22-24,28,40-43,64-65H,16-18,20-21,25-26H2,1-2H3,(H2,55,67)(H2,56,70)(H,57,72)(H,59,71)(H,60,68)(H,61,69)(H,62,74)(H,63,73)(H2,75,76,77)/t40-,41-,42-,43-/m0/s1. The summed E-state index contributed by atoms with van der Waals surface area (Å²) in [6, 6.07) is 18.9. The number of hydrogen-bond acceptors (Lipinski definition) is 16. The van der Waals surface area contributed by atoms with Crippen LogP contribution in [0, 0.1) is 5.92 Å². The van der Waals surface area contributed by atoms with E-state index in [1.807, 2.05) is 0 Å². The summed E-state index contributed by atoms with van der Waals surface area (Å²) in [5.41, 5.74) is 13.1. The first-order valence-corrected chi connectivity index (χ1v) is 26.7. The van der Waals surface area contributed by atoms with Gasteiger partial charge in [0.05, 0.1) is 30.4 Å². The van der Waals surface area contributed by atoms with E-state index in [0.29, 0.717) is 33.2 Å². The number of phosphoric acid groups is 1. The topological polar surface area (TPSA) is 411 Å². The summed E-state index contributed by atoms with van der Waals surface area (Å²) in [5.74, 6) is -7.25. The number of nitrogens with zero attached hydrogens (tertiary/aromatic N) is 1. The number of isothiocyanates is 1. The van der Waals surface area contributed by atoms with E-state index >= 15 is 0 Å². The number of aliphatic hydroxyl groups is 1. The molecule has 2 aliphatic rings. The van der Waals surface area contributed by atoms with Crippen LogP contribution in [-0.2, 0) is 51.0 Å². The first kappa shape index (κ1) is 61.1. The predicted octanol–water partition coefficient (Wildman–Crippen LogP) is 2.36. The number of benzene rings is 5. The predicted molar refractivity (Wildman–Crippen MR) is 297 cm³/mol. The van der Waals surface area contributed by atoms with Crippen LogP contribution in [0.5, 0.6) is 11.5 Å². The number of hydrogen-bond donors (Lipinski definition) is 12. The fraction of sp³-hybridized carbons (Fsp3) is 0.259. The molecule has 1 aliphatic carbocycles. The summed E-state index contributed by atoms with van der Waals surface area (Å²) in [5, 5.41) is 37.6. The minimum Gasteiger partial charge on any atom is -0.508 e. The molecule has 4 aromatic rings. The molecule has 6 rings (SSSR count). The molecule has 81 heavy (non-hydrogen) atoms. The highest BCUT2D eigenvalue weighted by molar-refractivity contribution is 7.78. The van der Waals surface area contributed by atoms with Crippen molar-refractivity contribution in [2.75, 3.05) is 18.5 Å². The second-order valence-electron chi connectivity index (χ2n) is 18.8. The first-order valence-electron chi connectivity index (χ1n) is 24.7. The summed E-state index contributed by atoms with van der Waals surface area (Å²) in [6.45, 7) is 1.93. The molecule has 8 amide bonds. The molecule has 25 nitrogen and oxygen atoms in total. The number of amides is 8. The van der Waals surface area contributed by atoms with Gasteiger partial charge in [-0.15, -0.1) is 0 Å². The van der Waals surface area contributed by atoms with Gasteiger partial charge in [0.1, 0.15) is 47.0 Å². The van der Waals surface area contributed by atoms with Gasteiger partial charge in [-0.2, -0.15) is 4.99 Å². The molecule has 0 aromatic heterocycles. The molecule has 0 radical (unpaired) electrons. The Morgan fingerprint density at radius 2 is 1.46 bits per heavy atom. The zero-order valence-corrected chi connectivity index (χ0v) is 45.0. The van der Waals surface area contributed by atoms with E-state index in [1.165, 1.54) is 60.7 Å². The average molecular weight is 1150 g/mol. The molecule has 1 aliphatic heterocycles. The van der Waals surface area contributed by atoms with E-state index < -0.39 is 105 Å². The van der Waals surface area contributed by atoms with Crippen LogP contribution in [0.1, 0.15) is 54.6 Å². The number of rotatable bonds is 26. The lowest BCUT2D eigenvalue weighted by atomic mass is 9.90. The molecule has 4 atom stereocenters. The number of aliphatic hydroxyl groups excluding tert-OH is 1. The van der Waals surface area contributed by atoms with Crippen LogP contribution in [-0.4, -0.2) is 110 Å². The largest absolute Gasteiger partial charge is 0.524 e. The third-order valence-electron chi connectivity index (χ3n) is 12.1. The maximum Gasteiger partial charge on any atom is 0.524 e. The Balaban J connectivity index is 1.23. The Morgan fingerprint density at radius 1 is 0.765 bits per heavy atom. The Kier molecular flexibility index (Phi) is 20.8. The Hall–Kier alpha value is -9.16. The number of nitrogens with one attached hydrogen (secondary N) is 6. The van der Waals surface area contributed by atoms with E-state index in [9.17, 15) is 67.7 Å². The number of fused-ring (bicyclic) bond motifs is 2. The molecule has 0 saturated carbocycles. The molecule has 0 unspecified atom stereocenters. The molecule has 14 N–H and O–H groups in total. The molecule has 0 spiro atoms. The molecule has 0 bridgehead atoms. The quantitative estimate of drug-likeness (QED) is 0.0160. The maximum atomic E-state index is 14.4. The Bertz CT molecular complexity index is 3510. The molecular weight excluding hydrogens is 1090 g/mol. The first-order chi connectivity index (χ1) is 38.4. The lowest BCUT2D eigenvalue weighted by Crippen LogP contribution is -2.57. The van der Waals surface area contributed by atoms with Gasteiger partial charge in [-0.05, 0) is 108 Å². The highest BCUT2D eigenvalue weighted by Crippen LogP contribution is 2.43. The van der Waals surface area contributed by atoms with Crippen molar-refractivity contribution in [3.05, 3.63) is 130 Å². The molecule has 4 aromatic carbocycles. The van der Waals surface area contributed by atoms with Crippen molar-refractivity contribution in [2.45, 2.75) is 70.1 Å². The van der Waals surface area contributed by atoms with Crippen LogP contribution in [0.2, 0.25) is 0 Å². The zero-order valence-electron chi connectivity index (χ0n) is 43.3. The summed E-state index contributed by atoms with van der Waals surface area (Å²) >= 11 is 4.84. The third-order valence-corrected chi connectivity index (χ3v) is 12.6. The lowest BCUT2D eigenvalue weighted by molar-refractivity contribution is -0.134. The zero-order chi connectivity index (χ0) is 59.1. The fourth-order valence-corrected chi connectivity index (χ4v) is 8.91. The SMILES string of the molecule is CC(C)C[C@H](NC(=O)CNC(=O)[C@H](CCC(N)=O)NC(=O)[C@H](Cc1ccc(OP(=O)(O)O)cc1)NC(=O)Cc1cccc(NC(=O)c2cc(N=C=S)ccc2-c2c3ccc(=O)cc-3oc3cc(O)ccc23)c1)C(=O)N[C@@H](CO)C(N)=O. The minimum atomic E-state index is -4.95. The molecule has 424 valence electrons. The summed E-state index contributed by atoms with van der Waals surface area (Å²) in [7, 11) is -4.95. The van der Waals surface area contributed by atoms with Crippen molar-refractivity contribution in [2.24, 2.45) is 22.4 Å². The second kappa shape index (κ2) is 27.6. The van der Waals surface area contributed by atoms with Crippen molar-refractivity contribution in [1.29, 1.82) is 0 Å². The van der Waals surface area contributed by atoms with E-state index in [4.69, 9.17) is 28.1 Å². The molecule has 0 fully saturated rings. The van der Waals surface area contributed by atoms with Crippen molar-refractivity contribution < 1.29 is 71.9 Å². The molecule has 0 saturated heterocycles. The van der Waals surface area contributed by atoms with Crippen molar-refractivity contribution in [1.82, 2.24) is 26.6 Å². The van der Waals surface area contributed by atoms with Crippen molar-refractivity contribution >= 4 is 94.8 Å². The van der Waals surface area contributed by atoms with E-state index in [-0.39, 0.29) is 70.4 Å². The van der Waals surface area contributed by atoms with Crippen LogP contribution < -0.4 is 53.3 Å². The number of aromatic hydroxyl groups is 1. The highest BCUT2D eigenvalue weighted by atomic mass is 32.1. The van der Waals surface area contributed by atoms with Crippen LogP contribution in [0.25, 0.3) is 33.4 Å². The number of phosphoric ester groups is 1. The molecular formula is C54H56N9O16PS. The number of aliphatic imine (C=N–C) groups is 1. The number of phenols is 1. The fourth-order valence-electron chi connectivity index (χ4n) is 8.41. The number of carbonyl (C=O) groups excluding carboxylic acids is 8. The van der Waals surface area contributed by atoms with E-state index in [0.717, 1.165) is 0 Å². The van der Waals surface area contributed by atoms with Gasteiger partial charge in [0.15, 0.2) is 5.43 Å². The van der Waals surface area contributed by atoms with Gasteiger partial charge in [0.25, 0.3) is 5.91 Å². The monoisotopic (exact) mass is 1150 g/mol. The summed E-state index contributed by atoms with van der Waals surface area (Å²) in [6.07, 6.45) is -1.44. The average Bonchev–Trinajstić information content (AvgIpc) is 3.41. The second-order valence-corrected chi connectivity index (χ2v) is 20.2. The van der Waals surface area contributed by atoms with Gasteiger partial charge in [0.2, 0.25) is 41.4 Å². The van der Waals surface area contributed by atoms with Crippen LogP contribution in [0.3, 0.4) is 0 Å². The smallest absolute Gasteiger partial charge is 0.508 e. The van der Waals surface area contributed by atoms with Crippen molar-refractivity contribution in [3.8, 4) is 33.9 Å². The number of anilines is 1. The van der Waals surface area contributed by atoms with Gasteiger partial charge in [-0.3, -0.25) is 52.9 Å². The van der Waals surface area contributed by atoms with Crippen LogP contribution in [0.15, 0.2) is 117 Å². The number of phenolic OH excluding ortho intramolecular Hbond substituents is 1. The third kappa shape index (κ3) is 17.7. The van der Waals surface area contributed by atoms with Gasteiger partial charge in [0, 0.05) is 52.7 Å². The van der Waals surface area contributed by atoms with Gasteiger partial charge in [-0.25, -0.2) is 4.57 Å².